The third-order valence-corrected chi connectivity index (χ3v) is 1.31. The van der Waals surface area contributed by atoms with Gasteiger partial charge in [-0.3, -0.25) is 0 Å². The molecule has 0 N–H and O–H groups in total. The average Bonchev–Trinajstić information content (AvgIpc) is 2.34. The molecule has 0 atom stereocenters. The van der Waals surface area contributed by atoms with Crippen LogP contribution in [0.25, 0.3) is 0 Å². The van der Waals surface area contributed by atoms with Crippen molar-refractivity contribution in [3.05, 3.63) is 0 Å². The standard InChI is InChI=1S/C6H14.C4H6.C3H8.2C2H6/c1-5-6(2,3)4;1-3-4-2;1-3-2;2*1-2/h5H2,1-4H3;1-2H3;3H2,1-2H3;2*1-2H3. The maximum Gasteiger partial charge on any atom is -0.00271 e. The topological polar surface area (TPSA) is 0 Å². The van der Waals surface area contributed by atoms with Gasteiger partial charge in [-0.25, -0.2) is 0 Å². The maximum atomic E-state index is 2.68. The maximum absolute atomic E-state index is 2.68. The minimum atomic E-state index is 0.542. The molecule has 0 aliphatic heterocycles. The lowest BCUT2D eigenvalue weighted by Crippen LogP contribution is -2.00. The van der Waals surface area contributed by atoms with Crippen molar-refractivity contribution in [2.75, 3.05) is 0 Å². The first-order valence-electron chi connectivity index (χ1n) is 7.22. The molecule has 0 aromatic heterocycles. The summed E-state index contributed by atoms with van der Waals surface area (Å²) < 4.78 is 0. The minimum absolute atomic E-state index is 0.542. The molecule has 17 heavy (non-hydrogen) atoms. The van der Waals surface area contributed by atoms with Crippen LogP contribution in [0.2, 0.25) is 0 Å². The molecule has 0 fully saturated rings. The molecule has 0 spiro atoms. The Labute approximate surface area is 114 Å². The summed E-state index contributed by atoms with van der Waals surface area (Å²) in [4.78, 5) is 0. The molecule has 0 heteroatoms. The molecule has 0 aromatic carbocycles. The van der Waals surface area contributed by atoms with Crippen molar-refractivity contribution in [3.8, 4) is 11.8 Å². The van der Waals surface area contributed by atoms with Crippen LogP contribution in [-0.2, 0) is 0 Å². The Bertz CT molecular complexity index is 109. The zero-order chi connectivity index (χ0) is 15.3. The van der Waals surface area contributed by atoms with Crippen LogP contribution in [0.15, 0.2) is 0 Å². The molecule has 108 valence electrons. The van der Waals surface area contributed by atoms with Crippen molar-refractivity contribution in [2.24, 2.45) is 5.41 Å². The van der Waals surface area contributed by atoms with Crippen molar-refractivity contribution < 1.29 is 0 Å². The molecule has 0 nitrogen and oxygen atoms in total. The van der Waals surface area contributed by atoms with Gasteiger partial charge in [-0.2, -0.15) is 0 Å². The van der Waals surface area contributed by atoms with E-state index in [1.54, 1.807) is 0 Å². The monoisotopic (exact) mass is 244 g/mol. The molecule has 0 aromatic rings. The smallest absolute Gasteiger partial charge is 0.00271 e. The number of rotatable bonds is 0. The Morgan fingerprint density at radius 3 is 0.824 bits per heavy atom. The second-order valence-corrected chi connectivity index (χ2v) is 4.12. The largest absolute Gasteiger partial charge is 0.107 e. The Morgan fingerprint density at radius 2 is 0.824 bits per heavy atom. The fourth-order valence-electron chi connectivity index (χ4n) is 0. The summed E-state index contributed by atoms with van der Waals surface area (Å²) in [5.74, 6) is 5.36. The molecule has 0 aliphatic carbocycles. The van der Waals surface area contributed by atoms with Crippen molar-refractivity contribution in [1.29, 1.82) is 0 Å². The van der Waals surface area contributed by atoms with Crippen LogP contribution in [0.3, 0.4) is 0 Å². The fraction of sp³-hybridized carbons (Fsp3) is 0.882. The SMILES string of the molecule is CC.CC.CC#CC.CCC.CCC(C)(C)C. The van der Waals surface area contributed by atoms with Crippen LogP contribution in [-0.4, -0.2) is 0 Å². The highest BCUT2D eigenvalue weighted by molar-refractivity contribution is 4.89. The lowest BCUT2D eigenvalue weighted by molar-refractivity contribution is 0.398. The molecule has 0 heterocycles. The molecular formula is C17H40. The van der Waals surface area contributed by atoms with Crippen LogP contribution in [0.5, 0.6) is 0 Å². The van der Waals surface area contributed by atoms with E-state index < -0.39 is 0 Å². The van der Waals surface area contributed by atoms with E-state index in [0.717, 1.165) is 0 Å². The number of hydrogen-bond acceptors (Lipinski definition) is 0. The summed E-state index contributed by atoms with van der Waals surface area (Å²) in [6.45, 7) is 24.8. The summed E-state index contributed by atoms with van der Waals surface area (Å²) in [5, 5.41) is 0. The minimum Gasteiger partial charge on any atom is -0.107 e. The molecule has 0 aliphatic rings. The van der Waals surface area contributed by atoms with Gasteiger partial charge in [0.05, 0.1) is 0 Å². The van der Waals surface area contributed by atoms with E-state index in [1.807, 2.05) is 41.5 Å². The summed E-state index contributed by atoms with van der Waals surface area (Å²) in [6.07, 6.45) is 2.52. The predicted octanol–water partition coefficient (Wildman–Crippen LogP) is 6.94. The van der Waals surface area contributed by atoms with Crippen molar-refractivity contribution in [1.82, 2.24) is 0 Å². The van der Waals surface area contributed by atoms with Gasteiger partial charge >= 0.3 is 0 Å². The Morgan fingerprint density at radius 1 is 0.706 bits per heavy atom. The summed E-state index contributed by atoms with van der Waals surface area (Å²) in [6, 6.07) is 0. The molecule has 0 saturated carbocycles. The average molecular weight is 245 g/mol. The third-order valence-electron chi connectivity index (χ3n) is 1.31. The second kappa shape index (κ2) is 36.1. The summed E-state index contributed by atoms with van der Waals surface area (Å²) in [5.41, 5.74) is 0.542. The van der Waals surface area contributed by atoms with Crippen LogP contribution in [0.1, 0.15) is 95.9 Å². The van der Waals surface area contributed by atoms with Crippen molar-refractivity contribution in [2.45, 2.75) is 95.9 Å². The molecule has 0 amide bonds. The first kappa shape index (κ1) is 30.0. The predicted molar refractivity (Wildman–Crippen MR) is 87.5 cm³/mol. The molecule has 0 bridgehead atoms. The van der Waals surface area contributed by atoms with Crippen LogP contribution in [0.4, 0.5) is 0 Å². The Kier molecular flexibility index (Phi) is 63.7. The summed E-state index contributed by atoms with van der Waals surface area (Å²) in [7, 11) is 0. The molecule has 0 rings (SSSR count). The highest BCUT2D eigenvalue weighted by Gasteiger charge is 2.03. The van der Waals surface area contributed by atoms with Crippen molar-refractivity contribution >= 4 is 0 Å². The van der Waals surface area contributed by atoms with E-state index >= 15 is 0 Å². The zero-order valence-corrected chi connectivity index (χ0v) is 14.9. The second-order valence-electron chi connectivity index (χ2n) is 4.12. The Balaban J connectivity index is -0.0000000385. The normalized spacial score (nSPS) is 6.82. The van der Waals surface area contributed by atoms with Gasteiger partial charge in [0.15, 0.2) is 0 Å². The molecular weight excluding hydrogens is 204 g/mol. The molecule has 0 unspecified atom stereocenters. The van der Waals surface area contributed by atoms with Gasteiger partial charge in [-0.05, 0) is 19.3 Å². The zero-order valence-electron chi connectivity index (χ0n) is 14.9. The van der Waals surface area contributed by atoms with Crippen LogP contribution >= 0.6 is 0 Å². The Hall–Kier alpha value is -0.440. The lowest BCUT2D eigenvalue weighted by atomic mass is 9.94. The molecule has 0 radical (unpaired) electrons. The first-order valence-corrected chi connectivity index (χ1v) is 7.22. The van der Waals surface area contributed by atoms with E-state index in [2.05, 4.69) is 53.4 Å². The van der Waals surface area contributed by atoms with Gasteiger partial charge in [0.1, 0.15) is 0 Å². The third kappa shape index (κ3) is 226. The highest BCUT2D eigenvalue weighted by atomic mass is 14.1. The lowest BCUT2D eigenvalue weighted by Gasteiger charge is -2.12. The van der Waals surface area contributed by atoms with E-state index in [4.69, 9.17) is 0 Å². The van der Waals surface area contributed by atoms with Gasteiger partial charge in [0.25, 0.3) is 0 Å². The first-order chi connectivity index (χ1) is 7.89. The van der Waals surface area contributed by atoms with E-state index in [9.17, 15) is 0 Å². The number of hydrogen-bond donors (Lipinski definition) is 0. The van der Waals surface area contributed by atoms with Gasteiger partial charge in [-0.1, -0.05) is 82.1 Å². The van der Waals surface area contributed by atoms with Gasteiger partial charge in [0.2, 0.25) is 0 Å². The van der Waals surface area contributed by atoms with Gasteiger partial charge in [0, 0.05) is 0 Å². The quantitative estimate of drug-likeness (QED) is 0.405. The van der Waals surface area contributed by atoms with Gasteiger partial charge in [-0.15, -0.1) is 11.8 Å². The summed E-state index contributed by atoms with van der Waals surface area (Å²) >= 11 is 0. The fourth-order valence-corrected chi connectivity index (χ4v) is 0. The van der Waals surface area contributed by atoms with Crippen molar-refractivity contribution in [3.63, 3.8) is 0 Å². The molecule has 0 saturated heterocycles. The van der Waals surface area contributed by atoms with E-state index in [0.29, 0.717) is 5.41 Å². The van der Waals surface area contributed by atoms with E-state index in [1.165, 1.54) is 12.8 Å². The highest BCUT2D eigenvalue weighted by Crippen LogP contribution is 2.16. The van der Waals surface area contributed by atoms with Gasteiger partial charge < -0.3 is 0 Å². The van der Waals surface area contributed by atoms with Crippen LogP contribution in [0, 0.1) is 17.3 Å². The van der Waals surface area contributed by atoms with E-state index in [-0.39, 0.29) is 0 Å². The van der Waals surface area contributed by atoms with Crippen LogP contribution < -0.4 is 0 Å².